The molecule has 1 rings (SSSR count). The maximum absolute atomic E-state index is 12.9. The monoisotopic (exact) mass is 348 g/mol. The molecule has 0 aromatic heterocycles. The number of aryl methyl sites for hydroxylation is 2. The zero-order valence-electron chi connectivity index (χ0n) is 16.9. The minimum Gasteiger partial charge on any atom is -0.300 e. The van der Waals surface area contributed by atoms with E-state index in [9.17, 15) is 9.18 Å². The van der Waals surface area contributed by atoms with Gasteiger partial charge < -0.3 is 4.79 Å². The van der Waals surface area contributed by atoms with E-state index in [-0.39, 0.29) is 16.6 Å². The molecule has 0 spiro atoms. The second kappa shape index (κ2) is 23.4. The molecule has 0 saturated heterocycles. The summed E-state index contributed by atoms with van der Waals surface area (Å²) in [4.78, 5) is 9.44. The van der Waals surface area contributed by atoms with Crippen LogP contribution < -0.4 is 0 Å². The SMILES string of the molecule is CC.CC.CC(C)=O.CCCCC.Cc1ccc(C)c(Cl)c1F. The van der Waals surface area contributed by atoms with Crippen LogP contribution in [0, 0.1) is 19.7 Å². The van der Waals surface area contributed by atoms with E-state index in [4.69, 9.17) is 11.6 Å². The lowest BCUT2D eigenvalue weighted by atomic mass is 10.1. The molecule has 0 aliphatic carbocycles. The van der Waals surface area contributed by atoms with Crippen molar-refractivity contribution in [2.45, 2.75) is 88.5 Å². The molecule has 0 aliphatic rings. The smallest absolute Gasteiger partial charge is 0.144 e. The maximum atomic E-state index is 12.9. The summed E-state index contributed by atoms with van der Waals surface area (Å²) in [6, 6.07) is 3.53. The van der Waals surface area contributed by atoms with Crippen molar-refractivity contribution in [1.82, 2.24) is 0 Å². The first kappa shape index (κ1) is 30.0. The highest BCUT2D eigenvalue weighted by atomic mass is 35.5. The van der Waals surface area contributed by atoms with E-state index in [1.54, 1.807) is 26.0 Å². The Hall–Kier alpha value is -0.890. The second-order valence-electron chi connectivity index (χ2n) is 4.59. The van der Waals surface area contributed by atoms with Gasteiger partial charge in [0.05, 0.1) is 5.02 Å². The van der Waals surface area contributed by atoms with Crippen molar-refractivity contribution in [2.24, 2.45) is 0 Å². The lowest BCUT2D eigenvalue weighted by molar-refractivity contribution is -0.114. The Labute approximate surface area is 149 Å². The van der Waals surface area contributed by atoms with Gasteiger partial charge in [-0.3, -0.25) is 0 Å². The van der Waals surface area contributed by atoms with Gasteiger partial charge in [0, 0.05) is 0 Å². The topological polar surface area (TPSA) is 17.1 Å². The van der Waals surface area contributed by atoms with Crippen LogP contribution in [0.2, 0.25) is 5.02 Å². The van der Waals surface area contributed by atoms with Crippen molar-refractivity contribution in [3.63, 3.8) is 0 Å². The summed E-state index contributed by atoms with van der Waals surface area (Å²) in [5.74, 6) is -0.137. The first-order valence-corrected chi connectivity index (χ1v) is 9.03. The number of hydrogen-bond acceptors (Lipinski definition) is 1. The zero-order valence-corrected chi connectivity index (χ0v) is 17.7. The molecular weight excluding hydrogens is 311 g/mol. The van der Waals surface area contributed by atoms with Gasteiger partial charge in [0.25, 0.3) is 0 Å². The molecule has 0 saturated carbocycles. The third-order valence-electron chi connectivity index (χ3n) is 2.18. The van der Waals surface area contributed by atoms with Gasteiger partial charge in [-0.15, -0.1) is 0 Å². The molecular formula is C20H38ClFO. The zero-order chi connectivity index (χ0) is 19.4. The average Bonchev–Trinajstić information content (AvgIpc) is 2.54. The molecule has 0 fully saturated rings. The standard InChI is InChI=1S/C8H8ClF.C5H12.C3H6O.2C2H6/c1-5-3-4-6(2)8(10)7(5)9;1-3-5-4-2;1-3(2)4;2*1-2/h3-4H,1-2H3;3-5H2,1-2H3;1-2H3;2*1-2H3. The molecule has 0 unspecified atom stereocenters. The van der Waals surface area contributed by atoms with E-state index >= 15 is 0 Å². The third kappa shape index (κ3) is 23.5. The Morgan fingerprint density at radius 3 is 1.48 bits per heavy atom. The number of benzene rings is 1. The number of carbonyl (C=O) groups excluding carboxylic acids is 1. The number of Topliss-reactive ketones (excluding diaryl/α,β-unsaturated/α-hetero) is 1. The molecule has 0 heterocycles. The van der Waals surface area contributed by atoms with Crippen molar-refractivity contribution >= 4 is 17.4 Å². The number of hydrogen-bond donors (Lipinski definition) is 0. The number of ketones is 1. The molecule has 1 aromatic carbocycles. The lowest BCUT2D eigenvalue weighted by Gasteiger charge is -2.00. The van der Waals surface area contributed by atoms with Gasteiger partial charge >= 0.3 is 0 Å². The second-order valence-corrected chi connectivity index (χ2v) is 4.97. The minimum absolute atomic E-state index is 0.167. The average molecular weight is 349 g/mol. The van der Waals surface area contributed by atoms with E-state index in [0.717, 1.165) is 5.56 Å². The van der Waals surface area contributed by atoms with Gasteiger partial charge in [-0.05, 0) is 38.8 Å². The summed E-state index contributed by atoms with van der Waals surface area (Å²) >= 11 is 5.61. The molecule has 23 heavy (non-hydrogen) atoms. The summed E-state index contributed by atoms with van der Waals surface area (Å²) in [6.45, 7) is 19.0. The van der Waals surface area contributed by atoms with Crippen LogP contribution in [-0.2, 0) is 4.79 Å². The maximum Gasteiger partial charge on any atom is 0.144 e. The highest BCUT2D eigenvalue weighted by molar-refractivity contribution is 6.31. The largest absolute Gasteiger partial charge is 0.300 e. The summed E-state index contributed by atoms with van der Waals surface area (Å²) in [5, 5.41) is 0.236. The van der Waals surface area contributed by atoms with Crippen molar-refractivity contribution in [3.05, 3.63) is 34.1 Å². The summed E-state index contributed by atoms with van der Waals surface area (Å²) in [6.07, 6.45) is 4.08. The summed E-state index contributed by atoms with van der Waals surface area (Å²) < 4.78 is 12.9. The van der Waals surface area contributed by atoms with Crippen molar-refractivity contribution in [1.29, 1.82) is 0 Å². The molecule has 0 N–H and O–H groups in total. The number of halogens is 2. The Bertz CT molecular complexity index is 343. The van der Waals surface area contributed by atoms with Crippen LogP contribution in [0.25, 0.3) is 0 Å². The van der Waals surface area contributed by atoms with Gasteiger partial charge in [-0.1, -0.05) is 84.5 Å². The van der Waals surface area contributed by atoms with Crippen LogP contribution in [0.15, 0.2) is 12.1 Å². The van der Waals surface area contributed by atoms with Crippen LogP contribution in [0.5, 0.6) is 0 Å². The van der Waals surface area contributed by atoms with Crippen molar-refractivity contribution < 1.29 is 9.18 Å². The highest BCUT2D eigenvalue weighted by Gasteiger charge is 2.04. The molecule has 0 radical (unpaired) electrons. The number of rotatable bonds is 2. The lowest BCUT2D eigenvalue weighted by Crippen LogP contribution is -1.85. The van der Waals surface area contributed by atoms with Gasteiger partial charge in [-0.2, -0.15) is 0 Å². The number of carbonyl (C=O) groups is 1. The molecule has 3 heteroatoms. The molecule has 0 bridgehead atoms. The fourth-order valence-corrected chi connectivity index (χ4v) is 1.31. The van der Waals surface area contributed by atoms with E-state index in [2.05, 4.69) is 13.8 Å². The number of unbranched alkanes of at least 4 members (excludes halogenated alkanes) is 2. The Morgan fingerprint density at radius 1 is 0.957 bits per heavy atom. The first-order valence-electron chi connectivity index (χ1n) is 8.66. The Morgan fingerprint density at radius 2 is 1.26 bits per heavy atom. The fourth-order valence-electron chi connectivity index (χ4n) is 1.10. The first-order chi connectivity index (χ1) is 10.8. The normalized spacial score (nSPS) is 7.83. The molecule has 1 nitrogen and oxygen atoms in total. The predicted molar refractivity (Wildman–Crippen MR) is 105 cm³/mol. The van der Waals surface area contributed by atoms with Crippen molar-refractivity contribution in [2.75, 3.05) is 0 Å². The van der Waals surface area contributed by atoms with Crippen LogP contribution >= 0.6 is 11.6 Å². The highest BCUT2D eigenvalue weighted by Crippen LogP contribution is 2.21. The van der Waals surface area contributed by atoms with Gasteiger partial charge in [0.1, 0.15) is 11.6 Å². The van der Waals surface area contributed by atoms with E-state index in [1.165, 1.54) is 33.1 Å². The predicted octanol–water partition coefficient (Wildman–Crippen LogP) is 7.94. The Kier molecular flexibility index (Phi) is 30.5. The summed E-state index contributed by atoms with van der Waals surface area (Å²) in [7, 11) is 0. The fraction of sp³-hybridized carbons (Fsp3) is 0.650. The van der Waals surface area contributed by atoms with E-state index in [1.807, 2.05) is 27.7 Å². The minimum atomic E-state index is -0.304. The van der Waals surface area contributed by atoms with Crippen LogP contribution in [-0.4, -0.2) is 5.78 Å². The molecule has 0 amide bonds. The summed E-state index contributed by atoms with van der Waals surface area (Å²) in [5.41, 5.74) is 1.38. The van der Waals surface area contributed by atoms with E-state index < -0.39 is 0 Å². The van der Waals surface area contributed by atoms with Gasteiger partial charge in [0.2, 0.25) is 0 Å². The van der Waals surface area contributed by atoms with Gasteiger partial charge in [-0.25, -0.2) is 4.39 Å². The van der Waals surface area contributed by atoms with E-state index in [0.29, 0.717) is 5.56 Å². The molecule has 0 aliphatic heterocycles. The van der Waals surface area contributed by atoms with Crippen LogP contribution in [0.1, 0.15) is 85.8 Å². The van der Waals surface area contributed by atoms with Crippen LogP contribution in [0.3, 0.4) is 0 Å². The molecule has 1 aromatic rings. The van der Waals surface area contributed by atoms with Crippen LogP contribution in [0.4, 0.5) is 4.39 Å². The van der Waals surface area contributed by atoms with Crippen molar-refractivity contribution in [3.8, 4) is 0 Å². The molecule has 138 valence electrons. The Balaban J connectivity index is -0.000000118. The van der Waals surface area contributed by atoms with Gasteiger partial charge in [0.15, 0.2) is 0 Å². The third-order valence-corrected chi connectivity index (χ3v) is 2.64. The quantitative estimate of drug-likeness (QED) is 0.530. The molecule has 0 atom stereocenters.